The summed E-state index contributed by atoms with van der Waals surface area (Å²) in [5.41, 5.74) is -0.852. The highest BCUT2D eigenvalue weighted by molar-refractivity contribution is 6.03. The molecule has 8 heteroatoms. The molecule has 0 saturated carbocycles. The van der Waals surface area contributed by atoms with Gasteiger partial charge >= 0.3 is 18.1 Å². The summed E-state index contributed by atoms with van der Waals surface area (Å²) in [4.78, 5) is 25.6. The second-order valence-electron chi connectivity index (χ2n) is 3.83. The maximum Gasteiger partial charge on any atom is 0.471 e. The van der Waals surface area contributed by atoms with E-state index in [1.165, 1.54) is 17.4 Å². The summed E-state index contributed by atoms with van der Waals surface area (Å²) in [7, 11) is 0. The van der Waals surface area contributed by atoms with E-state index in [0.29, 0.717) is 10.9 Å². The monoisotopic (exact) mass is 284 g/mol. The number of nitrogens with zero attached hydrogens (tertiary/aromatic N) is 1. The minimum Gasteiger partial charge on any atom is -0.476 e. The van der Waals surface area contributed by atoms with Crippen LogP contribution in [0, 0.1) is 0 Å². The molecule has 0 aliphatic rings. The van der Waals surface area contributed by atoms with Crippen molar-refractivity contribution in [2.24, 2.45) is 0 Å². The van der Waals surface area contributed by atoms with E-state index >= 15 is 0 Å². The highest BCUT2D eigenvalue weighted by Crippen LogP contribution is 2.24. The number of hydrogen-bond acceptors (Lipinski definition) is 3. The van der Waals surface area contributed by atoms with Gasteiger partial charge in [0.2, 0.25) is 0 Å². The van der Waals surface area contributed by atoms with Crippen molar-refractivity contribution in [1.82, 2.24) is 4.98 Å². The first kappa shape index (κ1) is 13.8. The Kier molecular flexibility index (Phi) is 3.31. The Balaban J connectivity index is 2.53. The van der Waals surface area contributed by atoms with Crippen molar-refractivity contribution in [1.29, 1.82) is 0 Å². The van der Waals surface area contributed by atoms with Gasteiger partial charge in [-0.1, -0.05) is 18.2 Å². The summed E-state index contributed by atoms with van der Waals surface area (Å²) in [6, 6.07) is 7.40. The van der Waals surface area contributed by atoms with E-state index in [1.807, 2.05) is 0 Å². The predicted molar refractivity (Wildman–Crippen MR) is 63.4 cm³/mol. The molecule has 2 N–H and O–H groups in total. The molecule has 0 radical (unpaired) electrons. The van der Waals surface area contributed by atoms with Crippen molar-refractivity contribution in [3.05, 3.63) is 36.0 Å². The van der Waals surface area contributed by atoms with E-state index in [-0.39, 0.29) is 0 Å². The van der Waals surface area contributed by atoms with E-state index < -0.39 is 29.4 Å². The third kappa shape index (κ3) is 2.68. The maximum absolute atomic E-state index is 12.2. The number of anilines is 1. The number of carboxylic acids is 1. The van der Waals surface area contributed by atoms with Crippen LogP contribution in [0.4, 0.5) is 18.9 Å². The minimum atomic E-state index is -5.11. The van der Waals surface area contributed by atoms with Gasteiger partial charge in [0.15, 0.2) is 5.69 Å². The SMILES string of the molecule is O=C(O)c1nc2ccccc2cc1NC(=O)C(F)(F)F. The Bertz CT molecular complexity index is 698. The van der Waals surface area contributed by atoms with Crippen molar-refractivity contribution in [3.63, 3.8) is 0 Å². The number of hydrogen-bond donors (Lipinski definition) is 2. The molecular weight excluding hydrogens is 277 g/mol. The van der Waals surface area contributed by atoms with Gasteiger partial charge in [0.1, 0.15) is 0 Å². The number of halogens is 3. The molecule has 0 unspecified atom stereocenters. The highest BCUT2D eigenvalue weighted by Gasteiger charge is 2.39. The normalized spacial score (nSPS) is 11.3. The summed E-state index contributed by atoms with van der Waals surface area (Å²) >= 11 is 0. The Hall–Kier alpha value is -2.64. The number of fused-ring (bicyclic) bond motifs is 1. The number of aromatic carboxylic acids is 1. The smallest absolute Gasteiger partial charge is 0.471 e. The molecule has 1 aromatic heterocycles. The second kappa shape index (κ2) is 4.80. The molecule has 0 saturated heterocycles. The first-order chi connectivity index (χ1) is 9.29. The van der Waals surface area contributed by atoms with Crippen LogP contribution in [-0.4, -0.2) is 28.1 Å². The minimum absolute atomic E-state index is 0.301. The summed E-state index contributed by atoms with van der Waals surface area (Å²) in [6.07, 6.45) is -5.11. The van der Waals surface area contributed by atoms with Crippen molar-refractivity contribution < 1.29 is 27.9 Å². The summed E-state index contributed by atoms with van der Waals surface area (Å²) in [5, 5.41) is 10.9. The van der Waals surface area contributed by atoms with E-state index in [2.05, 4.69) is 4.98 Å². The number of rotatable bonds is 2. The van der Waals surface area contributed by atoms with Crippen LogP contribution < -0.4 is 5.32 Å². The van der Waals surface area contributed by atoms with Crippen LogP contribution in [0.2, 0.25) is 0 Å². The number of carbonyl (C=O) groups is 2. The Morgan fingerprint density at radius 1 is 1.20 bits per heavy atom. The third-order valence-corrected chi connectivity index (χ3v) is 2.43. The zero-order chi connectivity index (χ0) is 14.9. The van der Waals surface area contributed by atoms with Gasteiger partial charge in [-0.3, -0.25) is 4.79 Å². The average Bonchev–Trinajstić information content (AvgIpc) is 2.36. The Morgan fingerprint density at radius 2 is 1.85 bits per heavy atom. The molecule has 0 atom stereocenters. The van der Waals surface area contributed by atoms with Gasteiger partial charge in [-0.15, -0.1) is 0 Å². The molecule has 0 spiro atoms. The average molecular weight is 284 g/mol. The first-order valence-corrected chi connectivity index (χ1v) is 5.30. The van der Waals surface area contributed by atoms with E-state index in [9.17, 15) is 22.8 Å². The number of pyridine rings is 1. The van der Waals surface area contributed by atoms with Crippen LogP contribution in [0.1, 0.15) is 10.5 Å². The van der Waals surface area contributed by atoms with Gasteiger partial charge in [0.05, 0.1) is 11.2 Å². The number of amides is 1. The topological polar surface area (TPSA) is 79.3 Å². The first-order valence-electron chi connectivity index (χ1n) is 5.30. The zero-order valence-electron chi connectivity index (χ0n) is 9.73. The molecule has 0 bridgehead atoms. The number of para-hydroxylation sites is 1. The van der Waals surface area contributed by atoms with Gasteiger partial charge in [0, 0.05) is 5.39 Å². The fourth-order valence-electron chi connectivity index (χ4n) is 1.57. The molecule has 1 heterocycles. The van der Waals surface area contributed by atoms with E-state index in [1.54, 1.807) is 12.1 Å². The molecule has 1 amide bonds. The van der Waals surface area contributed by atoms with Crippen LogP contribution in [0.25, 0.3) is 10.9 Å². The maximum atomic E-state index is 12.2. The quantitative estimate of drug-likeness (QED) is 0.887. The van der Waals surface area contributed by atoms with Crippen molar-refractivity contribution in [2.45, 2.75) is 6.18 Å². The van der Waals surface area contributed by atoms with Crippen LogP contribution in [-0.2, 0) is 4.79 Å². The molecule has 0 aliphatic heterocycles. The second-order valence-corrected chi connectivity index (χ2v) is 3.83. The molecule has 0 fully saturated rings. The van der Waals surface area contributed by atoms with Crippen LogP contribution in [0.15, 0.2) is 30.3 Å². The number of aromatic nitrogens is 1. The summed E-state index contributed by atoms with van der Waals surface area (Å²) in [5.74, 6) is -3.79. The van der Waals surface area contributed by atoms with Crippen molar-refractivity contribution >= 4 is 28.5 Å². The number of benzene rings is 1. The highest BCUT2D eigenvalue weighted by atomic mass is 19.4. The number of nitrogens with one attached hydrogen (secondary N) is 1. The molecule has 1 aromatic carbocycles. The fourth-order valence-corrected chi connectivity index (χ4v) is 1.57. The Morgan fingerprint density at radius 3 is 2.45 bits per heavy atom. The van der Waals surface area contributed by atoms with Crippen LogP contribution in [0.3, 0.4) is 0 Å². The van der Waals surface area contributed by atoms with Crippen LogP contribution >= 0.6 is 0 Å². The Labute approximate surface area is 110 Å². The van der Waals surface area contributed by atoms with E-state index in [0.717, 1.165) is 6.07 Å². The molecule has 104 valence electrons. The third-order valence-electron chi connectivity index (χ3n) is 2.43. The van der Waals surface area contributed by atoms with Gasteiger partial charge < -0.3 is 10.4 Å². The lowest BCUT2D eigenvalue weighted by atomic mass is 10.1. The van der Waals surface area contributed by atoms with Crippen LogP contribution in [0.5, 0.6) is 0 Å². The lowest BCUT2D eigenvalue weighted by Crippen LogP contribution is -2.30. The lowest BCUT2D eigenvalue weighted by molar-refractivity contribution is -0.167. The fraction of sp³-hybridized carbons (Fsp3) is 0.0833. The zero-order valence-corrected chi connectivity index (χ0v) is 9.73. The summed E-state index contributed by atoms with van der Waals surface area (Å²) in [6.45, 7) is 0. The summed E-state index contributed by atoms with van der Waals surface area (Å²) < 4.78 is 36.6. The molecule has 2 aromatic rings. The van der Waals surface area contributed by atoms with E-state index in [4.69, 9.17) is 5.11 Å². The standard InChI is InChI=1S/C12H7F3N2O3/c13-12(14,15)11(20)17-8-5-6-3-1-2-4-7(6)16-9(8)10(18)19/h1-5H,(H,17,20)(H,18,19). The number of carbonyl (C=O) groups excluding carboxylic acids is 1. The van der Waals surface area contributed by atoms with Gasteiger partial charge in [-0.05, 0) is 12.1 Å². The molecule has 0 aliphatic carbocycles. The lowest BCUT2D eigenvalue weighted by Gasteiger charge is -2.11. The van der Waals surface area contributed by atoms with Gasteiger partial charge in [0.25, 0.3) is 0 Å². The predicted octanol–water partition coefficient (Wildman–Crippen LogP) is 2.43. The van der Waals surface area contributed by atoms with Crippen molar-refractivity contribution in [2.75, 3.05) is 5.32 Å². The van der Waals surface area contributed by atoms with Crippen molar-refractivity contribution in [3.8, 4) is 0 Å². The number of carboxylic acid groups (broad SMARTS) is 1. The molecule has 20 heavy (non-hydrogen) atoms. The molecule has 2 rings (SSSR count). The number of alkyl halides is 3. The largest absolute Gasteiger partial charge is 0.476 e. The van der Waals surface area contributed by atoms with Gasteiger partial charge in [-0.2, -0.15) is 13.2 Å². The molecule has 5 nitrogen and oxygen atoms in total. The molecular formula is C12H7F3N2O3. The van der Waals surface area contributed by atoms with Gasteiger partial charge in [-0.25, -0.2) is 9.78 Å².